The molecule has 0 amide bonds. The van der Waals surface area contributed by atoms with Crippen molar-refractivity contribution in [2.45, 2.75) is 38.6 Å². The number of allylic oxidation sites excluding steroid dienone is 1. The van der Waals surface area contributed by atoms with Crippen LogP contribution in [0.25, 0.3) is 10.9 Å². The predicted molar refractivity (Wildman–Crippen MR) is 92.3 cm³/mol. The Morgan fingerprint density at radius 2 is 2.04 bits per heavy atom. The number of aryl methyl sites for hydroxylation is 1. The van der Waals surface area contributed by atoms with E-state index in [0.717, 1.165) is 28.7 Å². The fourth-order valence-corrected chi connectivity index (χ4v) is 3.35. The number of nitrogens with zero attached hydrogens (tertiary/aromatic N) is 2. The van der Waals surface area contributed by atoms with Gasteiger partial charge in [0, 0.05) is 22.3 Å². The standard InChI is InChI=1S/C18H21N5/c1-12-16(11-20-22-12)18(13-5-3-2-4-6-13)21-15-7-8-17-14(9-15)10-19-23-17/h5,7-11,18,21H,2-4,6H2,1H3,(H,19,23)(H,20,22). The first-order chi connectivity index (χ1) is 11.3. The molecule has 0 fully saturated rings. The van der Waals surface area contributed by atoms with Crippen LogP contribution in [0.1, 0.15) is 43.0 Å². The van der Waals surface area contributed by atoms with Crippen LogP contribution >= 0.6 is 0 Å². The van der Waals surface area contributed by atoms with E-state index in [1.54, 1.807) is 0 Å². The van der Waals surface area contributed by atoms with Crippen LogP contribution in [0.4, 0.5) is 5.69 Å². The lowest BCUT2D eigenvalue weighted by molar-refractivity contribution is 0.661. The van der Waals surface area contributed by atoms with Gasteiger partial charge in [-0.15, -0.1) is 0 Å². The number of aromatic amines is 2. The van der Waals surface area contributed by atoms with Gasteiger partial charge in [0.25, 0.3) is 0 Å². The number of anilines is 1. The fourth-order valence-electron chi connectivity index (χ4n) is 3.35. The molecular weight excluding hydrogens is 286 g/mol. The maximum atomic E-state index is 4.21. The van der Waals surface area contributed by atoms with Crippen LogP contribution in [0.3, 0.4) is 0 Å². The van der Waals surface area contributed by atoms with E-state index < -0.39 is 0 Å². The van der Waals surface area contributed by atoms with E-state index in [9.17, 15) is 0 Å². The van der Waals surface area contributed by atoms with Crippen molar-refractivity contribution in [3.63, 3.8) is 0 Å². The van der Waals surface area contributed by atoms with E-state index in [1.807, 2.05) is 12.4 Å². The topological polar surface area (TPSA) is 69.4 Å². The summed E-state index contributed by atoms with van der Waals surface area (Å²) in [5, 5.41) is 19.2. The van der Waals surface area contributed by atoms with Crippen LogP contribution in [0.15, 0.2) is 42.2 Å². The Morgan fingerprint density at radius 1 is 1.13 bits per heavy atom. The molecule has 23 heavy (non-hydrogen) atoms. The van der Waals surface area contributed by atoms with Crippen LogP contribution in [0, 0.1) is 6.92 Å². The van der Waals surface area contributed by atoms with Crippen LogP contribution in [0.2, 0.25) is 0 Å². The van der Waals surface area contributed by atoms with E-state index in [0.29, 0.717) is 0 Å². The lowest BCUT2D eigenvalue weighted by atomic mass is 9.90. The van der Waals surface area contributed by atoms with Crippen LogP contribution in [-0.4, -0.2) is 20.4 Å². The lowest BCUT2D eigenvalue weighted by Gasteiger charge is -2.25. The molecule has 3 aromatic rings. The van der Waals surface area contributed by atoms with E-state index >= 15 is 0 Å². The molecule has 0 radical (unpaired) electrons. The zero-order chi connectivity index (χ0) is 15.6. The van der Waals surface area contributed by atoms with Crippen molar-refractivity contribution in [3.05, 3.63) is 53.5 Å². The van der Waals surface area contributed by atoms with Gasteiger partial charge in [-0.3, -0.25) is 10.2 Å². The Bertz CT molecular complexity index is 842. The summed E-state index contributed by atoms with van der Waals surface area (Å²) in [6, 6.07) is 6.49. The first-order valence-electron chi connectivity index (χ1n) is 8.20. The first-order valence-corrected chi connectivity index (χ1v) is 8.20. The van der Waals surface area contributed by atoms with Gasteiger partial charge in [-0.1, -0.05) is 6.08 Å². The first kappa shape index (κ1) is 14.1. The van der Waals surface area contributed by atoms with Gasteiger partial charge in [-0.25, -0.2) is 0 Å². The zero-order valence-corrected chi connectivity index (χ0v) is 13.3. The van der Waals surface area contributed by atoms with Gasteiger partial charge >= 0.3 is 0 Å². The monoisotopic (exact) mass is 307 g/mol. The van der Waals surface area contributed by atoms with Gasteiger partial charge in [-0.2, -0.15) is 10.2 Å². The summed E-state index contributed by atoms with van der Waals surface area (Å²) in [6.07, 6.45) is 11.1. The number of benzene rings is 1. The second-order valence-electron chi connectivity index (χ2n) is 6.22. The van der Waals surface area contributed by atoms with Gasteiger partial charge in [0.15, 0.2) is 0 Å². The molecule has 4 rings (SSSR count). The number of hydrogen-bond acceptors (Lipinski definition) is 3. The van der Waals surface area contributed by atoms with Crippen molar-refractivity contribution in [2.24, 2.45) is 0 Å². The zero-order valence-electron chi connectivity index (χ0n) is 13.3. The highest BCUT2D eigenvalue weighted by Crippen LogP contribution is 2.34. The Labute approximate surface area is 135 Å². The third-order valence-corrected chi connectivity index (χ3v) is 4.63. The van der Waals surface area contributed by atoms with E-state index in [4.69, 9.17) is 0 Å². The van der Waals surface area contributed by atoms with Crippen molar-refractivity contribution in [1.29, 1.82) is 0 Å². The maximum absolute atomic E-state index is 4.21. The van der Waals surface area contributed by atoms with E-state index in [-0.39, 0.29) is 6.04 Å². The van der Waals surface area contributed by atoms with Crippen molar-refractivity contribution < 1.29 is 0 Å². The van der Waals surface area contributed by atoms with Crippen LogP contribution < -0.4 is 5.32 Å². The molecule has 5 heteroatoms. The molecule has 0 spiro atoms. The Hall–Kier alpha value is -2.56. The van der Waals surface area contributed by atoms with Crippen molar-refractivity contribution in [1.82, 2.24) is 20.4 Å². The third-order valence-electron chi connectivity index (χ3n) is 4.63. The van der Waals surface area contributed by atoms with Crippen molar-refractivity contribution in [3.8, 4) is 0 Å². The molecule has 1 aliphatic rings. The molecule has 0 saturated carbocycles. The second kappa shape index (κ2) is 5.91. The summed E-state index contributed by atoms with van der Waals surface area (Å²) in [5.41, 5.74) is 5.98. The summed E-state index contributed by atoms with van der Waals surface area (Å²) in [5.74, 6) is 0. The van der Waals surface area contributed by atoms with E-state index in [1.165, 1.54) is 30.4 Å². The Kier molecular flexibility index (Phi) is 3.61. The van der Waals surface area contributed by atoms with Crippen molar-refractivity contribution in [2.75, 3.05) is 5.32 Å². The Balaban J connectivity index is 1.69. The average Bonchev–Trinajstić information content (AvgIpc) is 3.21. The van der Waals surface area contributed by atoms with Crippen LogP contribution in [-0.2, 0) is 0 Å². The summed E-state index contributed by atoms with van der Waals surface area (Å²) < 4.78 is 0. The molecule has 1 atom stereocenters. The molecule has 2 heterocycles. The number of H-pyrrole nitrogens is 2. The number of hydrogen-bond donors (Lipinski definition) is 3. The Morgan fingerprint density at radius 3 is 2.83 bits per heavy atom. The highest BCUT2D eigenvalue weighted by molar-refractivity contribution is 5.81. The summed E-state index contributed by atoms with van der Waals surface area (Å²) >= 11 is 0. The lowest BCUT2D eigenvalue weighted by Crippen LogP contribution is -2.15. The minimum atomic E-state index is 0.179. The third kappa shape index (κ3) is 2.74. The minimum Gasteiger partial charge on any atom is -0.374 e. The van der Waals surface area contributed by atoms with Gasteiger partial charge in [0.1, 0.15) is 0 Å². The SMILES string of the molecule is Cc1[nH]ncc1C(Nc1ccc2[nH]ncc2c1)C1=CCCCC1. The molecule has 118 valence electrons. The summed E-state index contributed by atoms with van der Waals surface area (Å²) in [7, 11) is 0. The number of aromatic nitrogens is 4. The highest BCUT2D eigenvalue weighted by atomic mass is 15.1. The molecule has 1 unspecified atom stereocenters. The van der Waals surface area contributed by atoms with Gasteiger partial charge in [0.2, 0.25) is 0 Å². The molecule has 3 N–H and O–H groups in total. The normalized spacial score (nSPS) is 16.3. The van der Waals surface area contributed by atoms with Gasteiger partial charge < -0.3 is 5.32 Å². The minimum absolute atomic E-state index is 0.179. The average molecular weight is 307 g/mol. The van der Waals surface area contributed by atoms with Crippen LogP contribution in [0.5, 0.6) is 0 Å². The number of rotatable bonds is 4. The van der Waals surface area contributed by atoms with Gasteiger partial charge in [-0.05, 0) is 56.4 Å². The van der Waals surface area contributed by atoms with E-state index in [2.05, 4.69) is 56.9 Å². The molecule has 0 bridgehead atoms. The largest absolute Gasteiger partial charge is 0.374 e. The molecular formula is C18H21N5. The molecule has 1 aliphatic carbocycles. The summed E-state index contributed by atoms with van der Waals surface area (Å²) in [6.45, 7) is 2.08. The molecule has 1 aromatic carbocycles. The highest BCUT2D eigenvalue weighted by Gasteiger charge is 2.21. The number of fused-ring (bicyclic) bond motifs is 1. The van der Waals surface area contributed by atoms with Gasteiger partial charge in [0.05, 0.1) is 24.0 Å². The quantitative estimate of drug-likeness (QED) is 0.631. The molecule has 0 saturated heterocycles. The molecule has 0 aliphatic heterocycles. The predicted octanol–water partition coefficient (Wildman–Crippen LogP) is 4.25. The summed E-state index contributed by atoms with van der Waals surface area (Å²) in [4.78, 5) is 0. The molecule has 5 nitrogen and oxygen atoms in total. The van der Waals surface area contributed by atoms with Crippen molar-refractivity contribution >= 4 is 16.6 Å². The number of nitrogens with one attached hydrogen (secondary N) is 3. The smallest absolute Gasteiger partial charge is 0.0760 e. The maximum Gasteiger partial charge on any atom is 0.0760 e. The fraction of sp³-hybridized carbons (Fsp3) is 0.333. The second-order valence-corrected chi connectivity index (χ2v) is 6.22. The molecule has 2 aromatic heterocycles.